The summed E-state index contributed by atoms with van der Waals surface area (Å²) in [7, 11) is 1.66. The number of carbonyl (C=O) groups excluding carboxylic acids is 2. The lowest BCUT2D eigenvalue weighted by molar-refractivity contribution is -0.134. The maximum Gasteiger partial charge on any atom is 0.254 e. The summed E-state index contributed by atoms with van der Waals surface area (Å²) in [6.45, 7) is 5.64. The SMILES string of the molecule is CCCCCCc1ccc(C(=O)N(CCCC)CC(=O)N2CCc3sccc3[C@@H]2c2ccc(OC)cc2)cc1. The number of nitrogens with zero attached hydrogens (tertiary/aromatic N) is 2. The number of ether oxygens (including phenoxy) is 1. The molecule has 0 fully saturated rings. The molecule has 208 valence electrons. The number of fused-ring (bicyclic) bond motifs is 1. The fourth-order valence-electron chi connectivity index (χ4n) is 5.34. The van der Waals surface area contributed by atoms with Crippen LogP contribution in [0.2, 0.25) is 0 Å². The van der Waals surface area contributed by atoms with E-state index >= 15 is 0 Å². The van der Waals surface area contributed by atoms with Gasteiger partial charge >= 0.3 is 0 Å². The Morgan fingerprint density at radius 3 is 2.38 bits per heavy atom. The van der Waals surface area contributed by atoms with Gasteiger partial charge in [-0.25, -0.2) is 0 Å². The molecule has 1 aromatic heterocycles. The molecule has 0 saturated heterocycles. The third-order valence-electron chi connectivity index (χ3n) is 7.63. The van der Waals surface area contributed by atoms with Crippen LogP contribution in [0.1, 0.15) is 90.3 Å². The van der Waals surface area contributed by atoms with Crippen molar-refractivity contribution in [3.8, 4) is 5.75 Å². The molecule has 2 heterocycles. The first kappa shape index (κ1) is 28.9. The standard InChI is InChI=1S/C33H42N2O3S/c1-4-6-8-9-10-25-11-13-27(14-12-25)33(37)34(21-7-5-2)24-31(36)35-22-19-30-29(20-23-39-30)32(35)26-15-17-28(38-3)18-16-26/h11-18,20,23,32H,4-10,19,21-22,24H2,1-3H3/t32-/m0/s1. The Balaban J connectivity index is 1.50. The van der Waals surface area contributed by atoms with Gasteiger partial charge < -0.3 is 14.5 Å². The number of rotatable bonds is 13. The molecule has 0 aliphatic carbocycles. The number of methoxy groups -OCH3 is 1. The molecule has 1 aliphatic heterocycles. The summed E-state index contributed by atoms with van der Waals surface area (Å²) in [6, 6.07) is 18.0. The Hall–Kier alpha value is -3.12. The molecule has 0 unspecified atom stereocenters. The van der Waals surface area contributed by atoms with Crippen molar-refractivity contribution in [3.05, 3.63) is 87.1 Å². The molecular formula is C33H42N2O3S. The van der Waals surface area contributed by atoms with Gasteiger partial charge in [0.05, 0.1) is 13.2 Å². The molecule has 39 heavy (non-hydrogen) atoms. The Morgan fingerprint density at radius 2 is 1.69 bits per heavy atom. The first-order chi connectivity index (χ1) is 19.0. The highest BCUT2D eigenvalue weighted by molar-refractivity contribution is 7.10. The second-order valence-electron chi connectivity index (χ2n) is 10.4. The van der Waals surface area contributed by atoms with Crippen LogP contribution in [0.15, 0.2) is 60.0 Å². The van der Waals surface area contributed by atoms with Crippen molar-refractivity contribution in [2.75, 3.05) is 26.7 Å². The number of benzene rings is 2. The fourth-order valence-corrected chi connectivity index (χ4v) is 6.24. The van der Waals surface area contributed by atoms with Gasteiger partial charge in [-0.3, -0.25) is 9.59 Å². The number of thiophene rings is 1. The first-order valence-corrected chi connectivity index (χ1v) is 15.3. The predicted molar refractivity (Wildman–Crippen MR) is 160 cm³/mol. The molecule has 6 heteroatoms. The predicted octanol–water partition coefficient (Wildman–Crippen LogP) is 7.30. The summed E-state index contributed by atoms with van der Waals surface area (Å²) < 4.78 is 5.36. The minimum absolute atomic E-state index is 0.00957. The van der Waals surface area contributed by atoms with Gasteiger partial charge in [0.2, 0.25) is 5.91 Å². The lowest BCUT2D eigenvalue weighted by atomic mass is 9.93. The number of hydrogen-bond acceptors (Lipinski definition) is 4. The van der Waals surface area contributed by atoms with Crippen molar-refractivity contribution in [1.82, 2.24) is 9.80 Å². The molecule has 5 nitrogen and oxygen atoms in total. The zero-order chi connectivity index (χ0) is 27.6. The quantitative estimate of drug-likeness (QED) is 0.211. The summed E-state index contributed by atoms with van der Waals surface area (Å²) in [5, 5.41) is 2.11. The monoisotopic (exact) mass is 546 g/mol. The summed E-state index contributed by atoms with van der Waals surface area (Å²) in [4.78, 5) is 32.5. The minimum atomic E-state index is -0.159. The molecule has 4 rings (SSSR count). The lowest BCUT2D eigenvalue weighted by Gasteiger charge is -2.37. The average Bonchev–Trinajstić information content (AvgIpc) is 3.46. The summed E-state index contributed by atoms with van der Waals surface area (Å²) in [5.41, 5.74) is 4.16. The molecule has 0 bridgehead atoms. The molecule has 0 spiro atoms. The van der Waals surface area contributed by atoms with Gasteiger partial charge in [-0.05, 0) is 78.1 Å². The molecule has 1 aliphatic rings. The van der Waals surface area contributed by atoms with E-state index in [0.717, 1.165) is 37.0 Å². The van der Waals surface area contributed by atoms with E-state index in [9.17, 15) is 9.59 Å². The summed E-state index contributed by atoms with van der Waals surface area (Å²) in [5.74, 6) is 0.717. The molecule has 0 N–H and O–H groups in total. The zero-order valence-electron chi connectivity index (χ0n) is 23.7. The van der Waals surface area contributed by atoms with Crippen molar-refractivity contribution >= 4 is 23.2 Å². The Labute approximate surface area is 237 Å². The van der Waals surface area contributed by atoms with Crippen LogP contribution in [0.3, 0.4) is 0 Å². The van der Waals surface area contributed by atoms with Crippen molar-refractivity contribution in [3.63, 3.8) is 0 Å². The normalized spacial score (nSPS) is 14.6. The molecule has 2 aromatic carbocycles. The van der Waals surface area contributed by atoms with E-state index < -0.39 is 0 Å². The van der Waals surface area contributed by atoms with Crippen LogP contribution >= 0.6 is 11.3 Å². The van der Waals surface area contributed by atoms with Gasteiger partial charge in [-0.15, -0.1) is 11.3 Å². The smallest absolute Gasteiger partial charge is 0.254 e. The zero-order valence-corrected chi connectivity index (χ0v) is 24.5. The van der Waals surface area contributed by atoms with Crippen LogP contribution in [0.25, 0.3) is 0 Å². The molecule has 0 radical (unpaired) electrons. The molecule has 1 atom stereocenters. The molecular weight excluding hydrogens is 504 g/mol. The topological polar surface area (TPSA) is 49.9 Å². The van der Waals surface area contributed by atoms with E-state index in [1.807, 2.05) is 41.3 Å². The highest BCUT2D eigenvalue weighted by Crippen LogP contribution is 2.38. The number of amides is 2. The number of hydrogen-bond donors (Lipinski definition) is 0. The van der Waals surface area contributed by atoms with Gasteiger partial charge in [-0.1, -0.05) is 63.8 Å². The number of aryl methyl sites for hydroxylation is 1. The highest BCUT2D eigenvalue weighted by Gasteiger charge is 2.34. The lowest BCUT2D eigenvalue weighted by Crippen LogP contribution is -2.47. The van der Waals surface area contributed by atoms with E-state index in [0.29, 0.717) is 18.7 Å². The van der Waals surface area contributed by atoms with E-state index in [1.54, 1.807) is 23.3 Å². The van der Waals surface area contributed by atoms with Crippen molar-refractivity contribution in [1.29, 1.82) is 0 Å². The number of carbonyl (C=O) groups is 2. The molecule has 3 aromatic rings. The van der Waals surface area contributed by atoms with Gasteiger partial charge in [0.15, 0.2) is 0 Å². The number of unbranched alkanes of at least 4 members (excludes halogenated alkanes) is 4. The largest absolute Gasteiger partial charge is 0.497 e. The maximum absolute atomic E-state index is 13.9. The minimum Gasteiger partial charge on any atom is -0.497 e. The fraction of sp³-hybridized carbons (Fsp3) is 0.455. The second kappa shape index (κ2) is 14.3. The van der Waals surface area contributed by atoms with Crippen LogP contribution in [-0.4, -0.2) is 48.4 Å². The van der Waals surface area contributed by atoms with Crippen molar-refractivity contribution < 1.29 is 14.3 Å². The first-order valence-electron chi connectivity index (χ1n) is 14.4. The van der Waals surface area contributed by atoms with Gasteiger partial charge in [0.1, 0.15) is 12.3 Å². The molecule has 0 saturated carbocycles. The van der Waals surface area contributed by atoms with E-state index in [-0.39, 0.29) is 24.4 Å². The highest BCUT2D eigenvalue weighted by atomic mass is 32.1. The van der Waals surface area contributed by atoms with E-state index in [1.165, 1.54) is 41.7 Å². The summed E-state index contributed by atoms with van der Waals surface area (Å²) in [6.07, 6.45) is 8.62. The third-order valence-corrected chi connectivity index (χ3v) is 8.63. The summed E-state index contributed by atoms with van der Waals surface area (Å²) >= 11 is 1.75. The second-order valence-corrected chi connectivity index (χ2v) is 11.4. The van der Waals surface area contributed by atoms with E-state index in [4.69, 9.17) is 4.74 Å². The van der Waals surface area contributed by atoms with Gasteiger partial charge in [-0.2, -0.15) is 0 Å². The van der Waals surface area contributed by atoms with Gasteiger partial charge in [0, 0.05) is 23.5 Å². The van der Waals surface area contributed by atoms with Crippen LogP contribution in [0.5, 0.6) is 5.75 Å². The maximum atomic E-state index is 13.9. The van der Waals surface area contributed by atoms with Crippen molar-refractivity contribution in [2.24, 2.45) is 0 Å². The van der Waals surface area contributed by atoms with E-state index in [2.05, 4.69) is 37.4 Å². The van der Waals surface area contributed by atoms with Gasteiger partial charge in [0.25, 0.3) is 5.91 Å². The molecule has 2 amide bonds. The van der Waals surface area contributed by atoms with Crippen LogP contribution in [0, 0.1) is 0 Å². The van der Waals surface area contributed by atoms with Crippen LogP contribution in [-0.2, 0) is 17.6 Å². The average molecular weight is 547 g/mol. The van der Waals surface area contributed by atoms with Crippen molar-refractivity contribution in [2.45, 2.75) is 71.3 Å². The Morgan fingerprint density at radius 1 is 0.949 bits per heavy atom. The Kier molecular flexibility index (Phi) is 10.6. The Bertz CT molecular complexity index is 1200. The van der Waals surface area contributed by atoms with Crippen LogP contribution < -0.4 is 4.74 Å². The van der Waals surface area contributed by atoms with Crippen LogP contribution in [0.4, 0.5) is 0 Å². The third kappa shape index (κ3) is 7.30.